The number of carbonyl (C=O) groups is 2. The Morgan fingerprint density at radius 2 is 1.73 bits per heavy atom. The van der Waals surface area contributed by atoms with Crippen LogP contribution in [0.3, 0.4) is 0 Å². The molecule has 6 heteroatoms. The number of rotatable bonds is 6. The molecule has 2 aliphatic heterocycles. The fraction of sp³-hybridized carbons (Fsp3) is 0.667. The number of likely N-dealkylation sites (tertiary alicyclic amines) is 1. The molecule has 2 fully saturated rings. The van der Waals surface area contributed by atoms with Gasteiger partial charge in [-0.15, -0.1) is 11.8 Å². The molecule has 0 atom stereocenters. The van der Waals surface area contributed by atoms with Gasteiger partial charge in [0.2, 0.25) is 11.8 Å². The first-order chi connectivity index (χ1) is 14.7. The molecule has 1 saturated carbocycles. The van der Waals surface area contributed by atoms with Crippen LogP contribution in [0.1, 0.15) is 57.8 Å². The number of hydrogen-bond donors (Lipinski definition) is 1. The highest BCUT2D eigenvalue weighted by Crippen LogP contribution is 2.34. The minimum Gasteiger partial charge on any atom is -0.353 e. The second-order valence-corrected chi connectivity index (χ2v) is 10.1. The average molecular weight is 430 g/mol. The van der Waals surface area contributed by atoms with Gasteiger partial charge in [0.05, 0.1) is 5.69 Å². The molecule has 0 aromatic heterocycles. The summed E-state index contributed by atoms with van der Waals surface area (Å²) >= 11 is 1.79. The number of benzene rings is 1. The van der Waals surface area contributed by atoms with Gasteiger partial charge in [-0.2, -0.15) is 0 Å². The molecule has 1 aliphatic carbocycles. The fourth-order valence-electron chi connectivity index (χ4n) is 5.08. The highest BCUT2D eigenvalue weighted by Gasteiger charge is 2.25. The normalized spacial score (nSPS) is 21.3. The van der Waals surface area contributed by atoms with E-state index in [1.54, 1.807) is 11.8 Å². The van der Waals surface area contributed by atoms with E-state index in [0.717, 1.165) is 54.7 Å². The van der Waals surface area contributed by atoms with Crippen molar-refractivity contribution in [1.82, 2.24) is 10.2 Å². The van der Waals surface area contributed by atoms with Gasteiger partial charge in [-0.1, -0.05) is 31.4 Å². The maximum atomic E-state index is 12.7. The Balaban J connectivity index is 1.16. The van der Waals surface area contributed by atoms with Crippen molar-refractivity contribution < 1.29 is 9.59 Å². The zero-order chi connectivity index (χ0) is 20.8. The number of para-hydroxylation sites is 1. The fourth-order valence-corrected chi connectivity index (χ4v) is 6.07. The topological polar surface area (TPSA) is 52.7 Å². The zero-order valence-electron chi connectivity index (χ0n) is 18.0. The first kappa shape index (κ1) is 21.7. The van der Waals surface area contributed by atoms with E-state index in [-0.39, 0.29) is 30.7 Å². The Hall–Kier alpha value is -1.53. The third kappa shape index (κ3) is 5.79. The Morgan fingerprint density at radius 1 is 0.967 bits per heavy atom. The van der Waals surface area contributed by atoms with Crippen LogP contribution in [-0.4, -0.2) is 54.7 Å². The first-order valence-electron chi connectivity index (χ1n) is 11.7. The quantitative estimate of drug-likeness (QED) is 0.741. The molecule has 0 radical (unpaired) electrons. The van der Waals surface area contributed by atoms with Gasteiger partial charge in [-0.25, -0.2) is 0 Å². The van der Waals surface area contributed by atoms with Crippen LogP contribution in [0, 0.1) is 5.92 Å². The number of nitrogens with one attached hydrogen (secondary N) is 1. The molecule has 2 amide bonds. The van der Waals surface area contributed by atoms with Gasteiger partial charge >= 0.3 is 0 Å². The van der Waals surface area contributed by atoms with Gasteiger partial charge in [0.1, 0.15) is 0 Å². The predicted molar refractivity (Wildman–Crippen MR) is 123 cm³/mol. The molecule has 30 heavy (non-hydrogen) atoms. The number of fused-ring (bicyclic) bond motifs is 1. The Morgan fingerprint density at radius 3 is 2.53 bits per heavy atom. The summed E-state index contributed by atoms with van der Waals surface area (Å²) < 4.78 is 0. The van der Waals surface area contributed by atoms with Crippen LogP contribution in [-0.2, 0) is 9.59 Å². The molecule has 3 aliphatic rings. The molecule has 1 aromatic rings. The van der Waals surface area contributed by atoms with Gasteiger partial charge in [0.15, 0.2) is 0 Å². The van der Waals surface area contributed by atoms with Crippen molar-refractivity contribution in [2.24, 2.45) is 5.92 Å². The van der Waals surface area contributed by atoms with E-state index in [2.05, 4.69) is 16.3 Å². The van der Waals surface area contributed by atoms with Crippen LogP contribution in [0.15, 0.2) is 29.2 Å². The van der Waals surface area contributed by atoms with Gasteiger partial charge in [-0.3, -0.25) is 9.59 Å². The van der Waals surface area contributed by atoms with Crippen molar-refractivity contribution >= 4 is 29.3 Å². The maximum absolute atomic E-state index is 12.7. The van der Waals surface area contributed by atoms with E-state index in [1.807, 2.05) is 23.1 Å². The van der Waals surface area contributed by atoms with Gasteiger partial charge < -0.3 is 15.1 Å². The number of hydrogen-bond acceptors (Lipinski definition) is 4. The second kappa shape index (κ2) is 10.7. The predicted octanol–water partition coefficient (Wildman–Crippen LogP) is 4.07. The molecule has 0 bridgehead atoms. The Labute approximate surface area is 184 Å². The lowest BCUT2D eigenvalue weighted by Gasteiger charge is -2.35. The van der Waals surface area contributed by atoms with E-state index < -0.39 is 0 Å². The third-order valence-electron chi connectivity index (χ3n) is 6.79. The summed E-state index contributed by atoms with van der Waals surface area (Å²) in [6, 6.07) is 8.31. The molecule has 1 saturated heterocycles. The van der Waals surface area contributed by atoms with Gasteiger partial charge in [0.25, 0.3) is 0 Å². The summed E-state index contributed by atoms with van der Waals surface area (Å²) in [5.74, 6) is 1.87. The number of anilines is 1. The summed E-state index contributed by atoms with van der Waals surface area (Å²) in [6.45, 7) is 4.14. The van der Waals surface area contributed by atoms with Crippen molar-refractivity contribution in [3.8, 4) is 0 Å². The van der Waals surface area contributed by atoms with Crippen LogP contribution < -0.4 is 10.2 Å². The number of carbonyl (C=O) groups excluding carboxylic acids is 2. The molecule has 0 spiro atoms. The van der Waals surface area contributed by atoms with E-state index in [0.29, 0.717) is 0 Å². The molecular weight excluding hydrogens is 394 g/mol. The molecule has 1 aromatic carbocycles. The number of piperidine rings is 1. The van der Waals surface area contributed by atoms with Gasteiger partial charge in [-0.05, 0) is 43.7 Å². The standard InChI is InChI=1S/C24H35N3O2S/c28-23(10-11-24(29)27-16-17-30-22-9-5-4-8-21(22)27)25-20-12-14-26(15-13-20)18-19-6-2-1-3-7-19/h4-5,8-9,19-20H,1-3,6-7,10-18H2,(H,25,28). The molecule has 164 valence electrons. The third-order valence-corrected chi connectivity index (χ3v) is 7.83. The van der Waals surface area contributed by atoms with E-state index in [1.165, 1.54) is 38.6 Å². The molecule has 0 unspecified atom stereocenters. The minimum absolute atomic E-state index is 0.0220. The Kier molecular flexibility index (Phi) is 7.72. The maximum Gasteiger partial charge on any atom is 0.227 e. The van der Waals surface area contributed by atoms with Crippen LogP contribution in [0.4, 0.5) is 5.69 Å². The highest BCUT2D eigenvalue weighted by molar-refractivity contribution is 7.99. The smallest absolute Gasteiger partial charge is 0.227 e. The zero-order valence-corrected chi connectivity index (χ0v) is 18.8. The Bertz CT molecular complexity index is 727. The second-order valence-electron chi connectivity index (χ2n) is 9.01. The lowest BCUT2D eigenvalue weighted by molar-refractivity contribution is -0.125. The van der Waals surface area contributed by atoms with Crippen molar-refractivity contribution in [1.29, 1.82) is 0 Å². The van der Waals surface area contributed by atoms with Crippen molar-refractivity contribution in [2.75, 3.05) is 36.8 Å². The summed E-state index contributed by atoms with van der Waals surface area (Å²) in [6.07, 6.45) is 9.63. The van der Waals surface area contributed by atoms with Crippen molar-refractivity contribution in [3.63, 3.8) is 0 Å². The number of thioether (sulfide) groups is 1. The van der Waals surface area contributed by atoms with Gasteiger partial charge in [0, 0.05) is 55.7 Å². The first-order valence-corrected chi connectivity index (χ1v) is 12.7. The molecule has 5 nitrogen and oxygen atoms in total. The van der Waals surface area contributed by atoms with Crippen LogP contribution in [0.2, 0.25) is 0 Å². The SMILES string of the molecule is O=C(CCC(=O)N1CCSc2ccccc21)NC1CCN(CC2CCCCC2)CC1. The summed E-state index contributed by atoms with van der Waals surface area (Å²) in [4.78, 5) is 30.8. The summed E-state index contributed by atoms with van der Waals surface area (Å²) in [5.41, 5.74) is 0.990. The highest BCUT2D eigenvalue weighted by atomic mass is 32.2. The van der Waals surface area contributed by atoms with Crippen molar-refractivity contribution in [3.05, 3.63) is 24.3 Å². The molecule has 2 heterocycles. The lowest BCUT2D eigenvalue weighted by Crippen LogP contribution is -2.46. The minimum atomic E-state index is 0.0220. The van der Waals surface area contributed by atoms with Crippen LogP contribution in [0.25, 0.3) is 0 Å². The lowest BCUT2D eigenvalue weighted by atomic mass is 9.88. The molecular formula is C24H35N3O2S. The van der Waals surface area contributed by atoms with E-state index >= 15 is 0 Å². The number of amides is 2. The van der Waals surface area contributed by atoms with Crippen LogP contribution >= 0.6 is 11.8 Å². The summed E-state index contributed by atoms with van der Waals surface area (Å²) in [7, 11) is 0. The average Bonchev–Trinajstić information content (AvgIpc) is 2.79. The van der Waals surface area contributed by atoms with Crippen LogP contribution in [0.5, 0.6) is 0 Å². The monoisotopic (exact) mass is 429 g/mol. The van der Waals surface area contributed by atoms with E-state index in [4.69, 9.17) is 0 Å². The summed E-state index contributed by atoms with van der Waals surface area (Å²) in [5, 5.41) is 3.18. The van der Waals surface area contributed by atoms with Crippen molar-refractivity contribution in [2.45, 2.75) is 68.7 Å². The molecule has 4 rings (SSSR count). The largest absolute Gasteiger partial charge is 0.353 e. The van der Waals surface area contributed by atoms with E-state index in [9.17, 15) is 9.59 Å². The molecule has 1 N–H and O–H groups in total. The number of nitrogens with zero attached hydrogens (tertiary/aromatic N) is 2.